The van der Waals surface area contributed by atoms with Gasteiger partial charge in [0, 0.05) is 11.6 Å². The maximum absolute atomic E-state index is 11.2. The van der Waals surface area contributed by atoms with Gasteiger partial charge in [-0.3, -0.25) is 14.9 Å². The molecule has 2 aromatic rings. The Balaban J connectivity index is 2.41. The van der Waals surface area contributed by atoms with Crippen LogP contribution in [-0.2, 0) is 5.41 Å². The lowest BCUT2D eigenvalue weighted by Gasteiger charge is -2.20. The number of nitrogens with two attached hydrogens (primary N) is 1. The van der Waals surface area contributed by atoms with Crippen LogP contribution in [0, 0.1) is 17.0 Å². The van der Waals surface area contributed by atoms with E-state index in [2.05, 4.69) is 20.8 Å². The van der Waals surface area contributed by atoms with Crippen LogP contribution < -0.4 is 10.5 Å². The molecule has 6 nitrogen and oxygen atoms in total. The molecule has 0 aliphatic heterocycles. The molecular weight excluding hydrogens is 308 g/mol. The number of primary amides is 1. The van der Waals surface area contributed by atoms with Crippen molar-refractivity contribution in [2.24, 2.45) is 5.73 Å². The summed E-state index contributed by atoms with van der Waals surface area (Å²) in [5.41, 5.74) is 6.94. The average Bonchev–Trinajstić information content (AvgIpc) is 2.48. The van der Waals surface area contributed by atoms with Crippen LogP contribution in [0.5, 0.6) is 11.5 Å². The molecule has 0 atom stereocenters. The van der Waals surface area contributed by atoms with Crippen LogP contribution in [-0.4, -0.2) is 10.8 Å². The molecule has 0 fully saturated rings. The lowest BCUT2D eigenvalue weighted by molar-refractivity contribution is -0.385. The number of amides is 1. The van der Waals surface area contributed by atoms with E-state index in [9.17, 15) is 14.9 Å². The molecular formula is C18H20N2O4. The third kappa shape index (κ3) is 3.71. The van der Waals surface area contributed by atoms with E-state index < -0.39 is 10.8 Å². The Morgan fingerprint density at radius 2 is 1.75 bits per heavy atom. The van der Waals surface area contributed by atoms with Gasteiger partial charge in [0.15, 0.2) is 0 Å². The van der Waals surface area contributed by atoms with Crippen molar-refractivity contribution in [1.29, 1.82) is 0 Å². The van der Waals surface area contributed by atoms with Crippen molar-refractivity contribution < 1.29 is 14.5 Å². The third-order valence-electron chi connectivity index (χ3n) is 3.70. The zero-order chi connectivity index (χ0) is 18.1. The zero-order valence-electron chi connectivity index (χ0n) is 14.1. The first kappa shape index (κ1) is 17.5. The molecule has 0 aliphatic rings. The molecule has 2 aromatic carbocycles. The molecule has 2 rings (SSSR count). The normalized spacial score (nSPS) is 11.2. The Labute approximate surface area is 140 Å². The third-order valence-corrected chi connectivity index (χ3v) is 3.70. The number of nitro benzene ring substituents is 1. The smallest absolute Gasteiger partial charge is 0.312 e. The molecule has 1 amide bonds. The van der Waals surface area contributed by atoms with Gasteiger partial charge >= 0.3 is 5.69 Å². The monoisotopic (exact) mass is 328 g/mol. The summed E-state index contributed by atoms with van der Waals surface area (Å²) in [6.07, 6.45) is 0. The maximum atomic E-state index is 11.2. The van der Waals surface area contributed by atoms with Crippen molar-refractivity contribution in [1.82, 2.24) is 0 Å². The molecule has 0 aliphatic carbocycles. The largest absolute Gasteiger partial charge is 0.450 e. The second kappa shape index (κ2) is 6.31. The Morgan fingerprint density at radius 3 is 2.25 bits per heavy atom. The molecule has 24 heavy (non-hydrogen) atoms. The van der Waals surface area contributed by atoms with Crippen LogP contribution in [0.3, 0.4) is 0 Å². The molecule has 0 saturated heterocycles. The molecule has 0 spiro atoms. The van der Waals surface area contributed by atoms with Gasteiger partial charge in [-0.25, -0.2) is 0 Å². The molecule has 2 N–H and O–H groups in total. The minimum atomic E-state index is -0.727. The van der Waals surface area contributed by atoms with Crippen LogP contribution in [0.4, 0.5) is 5.69 Å². The molecule has 0 saturated carbocycles. The lowest BCUT2D eigenvalue weighted by Crippen LogP contribution is -2.11. The number of ether oxygens (including phenoxy) is 1. The number of hydrogen-bond acceptors (Lipinski definition) is 4. The van der Waals surface area contributed by atoms with E-state index in [1.54, 1.807) is 6.07 Å². The van der Waals surface area contributed by atoms with Crippen molar-refractivity contribution in [2.45, 2.75) is 33.1 Å². The van der Waals surface area contributed by atoms with Crippen molar-refractivity contribution in [2.75, 3.05) is 0 Å². The molecule has 0 heterocycles. The lowest BCUT2D eigenvalue weighted by atomic mass is 9.86. The number of nitrogens with zero attached hydrogens (tertiary/aromatic N) is 1. The van der Waals surface area contributed by atoms with Crippen molar-refractivity contribution in [3.05, 3.63) is 63.2 Å². The summed E-state index contributed by atoms with van der Waals surface area (Å²) in [7, 11) is 0. The van der Waals surface area contributed by atoms with E-state index in [1.807, 2.05) is 19.1 Å². The van der Waals surface area contributed by atoms with Crippen molar-refractivity contribution in [3.63, 3.8) is 0 Å². The summed E-state index contributed by atoms with van der Waals surface area (Å²) in [5.74, 6) is -0.134. The zero-order valence-corrected chi connectivity index (χ0v) is 14.1. The van der Waals surface area contributed by atoms with Gasteiger partial charge in [-0.1, -0.05) is 32.9 Å². The summed E-state index contributed by atoms with van der Waals surface area (Å²) in [4.78, 5) is 21.8. The van der Waals surface area contributed by atoms with Crippen LogP contribution in [0.2, 0.25) is 0 Å². The number of aryl methyl sites for hydroxylation is 1. The molecule has 0 aromatic heterocycles. The van der Waals surface area contributed by atoms with Crippen LogP contribution in [0.1, 0.15) is 42.3 Å². The molecule has 6 heteroatoms. The van der Waals surface area contributed by atoms with E-state index in [0.717, 1.165) is 17.2 Å². The topological polar surface area (TPSA) is 95.5 Å². The van der Waals surface area contributed by atoms with Gasteiger partial charge < -0.3 is 10.5 Å². The molecule has 0 unspecified atom stereocenters. The highest BCUT2D eigenvalue weighted by atomic mass is 16.6. The number of nitro groups is 1. The second-order valence-corrected chi connectivity index (χ2v) is 6.64. The average molecular weight is 328 g/mol. The summed E-state index contributed by atoms with van der Waals surface area (Å²) in [6.45, 7) is 8.20. The first-order valence-electron chi connectivity index (χ1n) is 7.47. The van der Waals surface area contributed by atoms with Crippen LogP contribution >= 0.6 is 0 Å². The Kier molecular flexibility index (Phi) is 4.59. The van der Waals surface area contributed by atoms with E-state index in [-0.39, 0.29) is 22.4 Å². The summed E-state index contributed by atoms with van der Waals surface area (Å²) >= 11 is 0. The van der Waals surface area contributed by atoms with Crippen molar-refractivity contribution in [3.8, 4) is 11.5 Å². The minimum absolute atomic E-state index is 0.00156. The number of carbonyl (C=O) groups is 1. The Bertz CT molecular complexity index is 807. The van der Waals surface area contributed by atoms with E-state index in [4.69, 9.17) is 10.5 Å². The number of benzene rings is 2. The highest BCUT2D eigenvalue weighted by Crippen LogP contribution is 2.35. The number of carbonyl (C=O) groups excluding carboxylic acids is 1. The summed E-state index contributed by atoms with van der Waals surface area (Å²) in [6, 6.07) is 9.64. The van der Waals surface area contributed by atoms with Crippen molar-refractivity contribution >= 4 is 11.6 Å². The van der Waals surface area contributed by atoms with Gasteiger partial charge in [-0.15, -0.1) is 0 Å². The van der Waals surface area contributed by atoms with Crippen LogP contribution in [0.15, 0.2) is 36.4 Å². The standard InChI is InChI=1S/C18H20N2O4/c1-11-9-13(18(2,3)4)6-8-15(11)24-16-7-5-12(17(19)21)10-14(16)20(22)23/h5-10H,1-4H3,(H2,19,21). The first-order valence-corrected chi connectivity index (χ1v) is 7.47. The maximum Gasteiger partial charge on any atom is 0.312 e. The fourth-order valence-electron chi connectivity index (χ4n) is 2.25. The van der Waals surface area contributed by atoms with Gasteiger partial charge in [-0.2, -0.15) is 0 Å². The predicted octanol–water partition coefficient (Wildman–Crippen LogP) is 4.09. The van der Waals surface area contributed by atoms with Crippen LogP contribution in [0.25, 0.3) is 0 Å². The fourth-order valence-corrected chi connectivity index (χ4v) is 2.25. The second-order valence-electron chi connectivity index (χ2n) is 6.64. The van der Waals surface area contributed by atoms with Gasteiger partial charge in [0.2, 0.25) is 11.7 Å². The highest BCUT2D eigenvalue weighted by Gasteiger charge is 2.20. The summed E-state index contributed by atoms with van der Waals surface area (Å²) in [5, 5.41) is 11.2. The molecule has 0 radical (unpaired) electrons. The Hall–Kier alpha value is -2.89. The first-order chi connectivity index (χ1) is 11.1. The predicted molar refractivity (Wildman–Crippen MR) is 91.6 cm³/mol. The minimum Gasteiger partial charge on any atom is -0.450 e. The highest BCUT2D eigenvalue weighted by molar-refractivity contribution is 5.93. The molecule has 126 valence electrons. The van der Waals surface area contributed by atoms with E-state index in [1.165, 1.54) is 12.1 Å². The Morgan fingerprint density at radius 1 is 1.12 bits per heavy atom. The molecule has 0 bridgehead atoms. The van der Waals surface area contributed by atoms with Gasteiger partial charge in [-0.05, 0) is 41.7 Å². The van der Waals surface area contributed by atoms with Gasteiger partial charge in [0.05, 0.1) is 4.92 Å². The SMILES string of the molecule is Cc1cc(C(C)(C)C)ccc1Oc1ccc(C(N)=O)cc1[N+](=O)[O-]. The quantitative estimate of drug-likeness (QED) is 0.675. The number of rotatable bonds is 4. The van der Waals surface area contributed by atoms with E-state index in [0.29, 0.717) is 5.75 Å². The number of hydrogen-bond donors (Lipinski definition) is 1. The van der Waals surface area contributed by atoms with Gasteiger partial charge in [0.25, 0.3) is 0 Å². The van der Waals surface area contributed by atoms with Gasteiger partial charge in [0.1, 0.15) is 5.75 Å². The summed E-state index contributed by atoms with van der Waals surface area (Å²) < 4.78 is 5.71. The van der Waals surface area contributed by atoms with E-state index >= 15 is 0 Å². The fraction of sp³-hybridized carbons (Fsp3) is 0.278.